The van der Waals surface area contributed by atoms with Gasteiger partial charge >= 0.3 is 0 Å². The van der Waals surface area contributed by atoms with E-state index in [9.17, 15) is 9.50 Å². The van der Waals surface area contributed by atoms with Crippen molar-refractivity contribution >= 4 is 39.9 Å². The topological polar surface area (TPSA) is 88.9 Å². The van der Waals surface area contributed by atoms with Crippen LogP contribution in [0.2, 0.25) is 5.02 Å². The zero-order chi connectivity index (χ0) is 24.6. The summed E-state index contributed by atoms with van der Waals surface area (Å²) in [6, 6.07) is 17.1. The lowest BCUT2D eigenvalue weighted by Crippen LogP contribution is -2.16. The zero-order valence-electron chi connectivity index (χ0n) is 19.1. The van der Waals surface area contributed by atoms with Gasteiger partial charge in [-0.3, -0.25) is 0 Å². The first-order valence-corrected chi connectivity index (χ1v) is 12.0. The van der Waals surface area contributed by atoms with Gasteiger partial charge in [-0.2, -0.15) is 0 Å². The van der Waals surface area contributed by atoms with E-state index in [0.29, 0.717) is 47.5 Å². The summed E-state index contributed by atoms with van der Waals surface area (Å²) >= 11 is 6.45. The molecule has 4 aromatic rings. The number of hydrogen-bond acceptors (Lipinski definition) is 7. The molecule has 7 nitrogen and oxygen atoms in total. The van der Waals surface area contributed by atoms with Crippen molar-refractivity contribution in [2.45, 2.75) is 37.5 Å². The number of aliphatic imine (C=N–C) groups is 1. The van der Waals surface area contributed by atoms with Crippen LogP contribution in [0, 0.1) is 5.82 Å². The number of fused-ring (bicyclic) bond motifs is 2. The first-order chi connectivity index (χ1) is 17.5. The SMILES string of the molecule is O[C@H]1C[C@@H]2OC(Cc3ccc4ncnc(Nc5ccc(Oc6ccc(F)cc6)c(Cl)c5)c4c3)=N[C@@H]2C1. The molecule has 1 saturated carbocycles. The summed E-state index contributed by atoms with van der Waals surface area (Å²) in [5, 5.41) is 14.4. The smallest absolute Gasteiger partial charge is 0.188 e. The second-order valence-corrected chi connectivity index (χ2v) is 9.36. The van der Waals surface area contributed by atoms with Crippen LogP contribution in [0.3, 0.4) is 0 Å². The maximum atomic E-state index is 13.1. The quantitative estimate of drug-likeness (QED) is 0.344. The van der Waals surface area contributed by atoms with E-state index in [0.717, 1.165) is 22.2 Å². The predicted octanol–water partition coefficient (Wildman–Crippen LogP) is 5.82. The lowest BCUT2D eigenvalue weighted by Gasteiger charge is -2.12. The summed E-state index contributed by atoms with van der Waals surface area (Å²) in [6.45, 7) is 0. The Morgan fingerprint density at radius 1 is 1.06 bits per heavy atom. The van der Waals surface area contributed by atoms with E-state index < -0.39 is 0 Å². The lowest BCUT2D eigenvalue weighted by molar-refractivity contribution is 0.147. The highest BCUT2D eigenvalue weighted by Gasteiger charge is 2.39. The minimum atomic E-state index is -0.334. The average Bonchev–Trinajstić information content (AvgIpc) is 3.39. The molecule has 36 heavy (non-hydrogen) atoms. The second kappa shape index (κ2) is 9.37. The number of aliphatic hydroxyl groups is 1. The van der Waals surface area contributed by atoms with Gasteiger partial charge < -0.3 is 19.9 Å². The molecule has 1 aromatic heterocycles. The van der Waals surface area contributed by atoms with Gasteiger partial charge in [-0.1, -0.05) is 17.7 Å². The fourth-order valence-electron chi connectivity index (χ4n) is 4.61. The molecule has 0 radical (unpaired) electrons. The highest BCUT2D eigenvalue weighted by Crippen LogP contribution is 2.34. The number of anilines is 2. The van der Waals surface area contributed by atoms with Crippen molar-refractivity contribution < 1.29 is 19.0 Å². The number of halogens is 2. The summed E-state index contributed by atoms with van der Waals surface area (Å²) in [7, 11) is 0. The number of rotatable bonds is 6. The van der Waals surface area contributed by atoms with Crippen LogP contribution in [-0.2, 0) is 11.2 Å². The van der Waals surface area contributed by atoms with Gasteiger partial charge in [0.2, 0.25) is 0 Å². The van der Waals surface area contributed by atoms with Gasteiger partial charge in [0.05, 0.1) is 22.7 Å². The molecule has 182 valence electrons. The number of ether oxygens (including phenoxy) is 2. The highest BCUT2D eigenvalue weighted by atomic mass is 35.5. The van der Waals surface area contributed by atoms with Gasteiger partial charge in [0.15, 0.2) is 5.90 Å². The summed E-state index contributed by atoms with van der Waals surface area (Å²) in [5.74, 6) is 1.95. The number of hydrogen-bond donors (Lipinski definition) is 2. The van der Waals surface area contributed by atoms with Gasteiger partial charge in [0.25, 0.3) is 0 Å². The minimum Gasteiger partial charge on any atom is -0.475 e. The highest BCUT2D eigenvalue weighted by molar-refractivity contribution is 6.32. The molecule has 0 saturated heterocycles. The number of benzene rings is 3. The molecule has 2 aliphatic rings. The van der Waals surface area contributed by atoms with Crippen molar-refractivity contribution in [1.82, 2.24) is 9.97 Å². The third kappa shape index (κ3) is 4.69. The fourth-order valence-corrected chi connectivity index (χ4v) is 4.83. The zero-order valence-corrected chi connectivity index (χ0v) is 19.8. The van der Waals surface area contributed by atoms with Crippen molar-refractivity contribution in [3.63, 3.8) is 0 Å². The molecule has 0 bridgehead atoms. The van der Waals surface area contributed by atoms with Crippen LogP contribution in [0.5, 0.6) is 11.5 Å². The van der Waals surface area contributed by atoms with E-state index in [1.54, 1.807) is 24.3 Å². The Balaban J connectivity index is 1.21. The number of aromatic nitrogens is 2. The van der Waals surface area contributed by atoms with E-state index in [4.69, 9.17) is 21.1 Å². The third-order valence-corrected chi connectivity index (χ3v) is 6.63. The normalized spacial score (nSPS) is 20.6. The number of aliphatic hydroxyl groups excluding tert-OH is 1. The Labute approximate surface area is 211 Å². The Morgan fingerprint density at radius 2 is 1.92 bits per heavy atom. The molecule has 2 N–H and O–H groups in total. The largest absolute Gasteiger partial charge is 0.475 e. The fraction of sp³-hybridized carbons (Fsp3) is 0.222. The molecule has 0 spiro atoms. The van der Waals surface area contributed by atoms with E-state index in [-0.39, 0.29) is 24.1 Å². The molecule has 3 atom stereocenters. The van der Waals surface area contributed by atoms with Crippen molar-refractivity contribution in [1.29, 1.82) is 0 Å². The molecular weight excluding hydrogens is 483 g/mol. The standard InChI is InChI=1S/C27H22ClFN4O3/c28-21-11-17(4-8-24(21)35-19-5-2-16(29)3-6-19)32-27-20-9-15(1-7-22(20)30-14-31-27)10-26-33-23-12-18(34)13-25(23)36-26/h1-9,11,14,18,23,25,34H,10,12-13H2,(H,30,31,32)/t18-,23-,25+/m1/s1. The molecule has 3 aromatic carbocycles. The second-order valence-electron chi connectivity index (χ2n) is 8.95. The van der Waals surface area contributed by atoms with Crippen molar-refractivity contribution in [2.75, 3.05) is 5.32 Å². The van der Waals surface area contributed by atoms with E-state index in [1.165, 1.54) is 18.5 Å². The Hall–Kier alpha value is -3.75. The van der Waals surface area contributed by atoms with Gasteiger partial charge in [0.1, 0.15) is 35.6 Å². The molecule has 1 fully saturated rings. The molecule has 0 unspecified atom stereocenters. The van der Waals surface area contributed by atoms with Crippen molar-refractivity contribution in [2.24, 2.45) is 4.99 Å². The Kier molecular flexibility index (Phi) is 5.91. The average molecular weight is 505 g/mol. The van der Waals surface area contributed by atoms with Crippen molar-refractivity contribution in [3.05, 3.63) is 83.4 Å². The van der Waals surface area contributed by atoms with Crippen LogP contribution in [0.4, 0.5) is 15.9 Å². The van der Waals surface area contributed by atoms with Crippen LogP contribution >= 0.6 is 11.6 Å². The van der Waals surface area contributed by atoms with Gasteiger partial charge in [-0.25, -0.2) is 19.4 Å². The van der Waals surface area contributed by atoms with Crippen LogP contribution < -0.4 is 10.1 Å². The Bertz CT molecular complexity index is 1460. The van der Waals surface area contributed by atoms with E-state index >= 15 is 0 Å². The van der Waals surface area contributed by atoms with Gasteiger partial charge in [-0.05, 0) is 66.6 Å². The molecule has 6 rings (SSSR count). The first-order valence-electron chi connectivity index (χ1n) is 11.7. The first kappa shape index (κ1) is 22.7. The van der Waals surface area contributed by atoms with E-state index in [1.807, 2.05) is 24.3 Å². The summed E-state index contributed by atoms with van der Waals surface area (Å²) in [6.07, 6.45) is 3.02. The molecule has 1 aliphatic heterocycles. The molecule has 0 amide bonds. The predicted molar refractivity (Wildman–Crippen MR) is 136 cm³/mol. The maximum Gasteiger partial charge on any atom is 0.188 e. The molecular formula is C27H22ClFN4O3. The summed E-state index contributed by atoms with van der Waals surface area (Å²) in [4.78, 5) is 13.5. The summed E-state index contributed by atoms with van der Waals surface area (Å²) in [5.41, 5.74) is 2.56. The van der Waals surface area contributed by atoms with Gasteiger partial charge in [-0.15, -0.1) is 0 Å². The van der Waals surface area contributed by atoms with Crippen LogP contribution in [0.25, 0.3) is 10.9 Å². The summed E-state index contributed by atoms with van der Waals surface area (Å²) < 4.78 is 24.9. The van der Waals surface area contributed by atoms with E-state index in [2.05, 4.69) is 20.3 Å². The number of nitrogens with zero attached hydrogens (tertiary/aromatic N) is 3. The third-order valence-electron chi connectivity index (χ3n) is 6.34. The Morgan fingerprint density at radius 3 is 2.72 bits per heavy atom. The van der Waals surface area contributed by atoms with Crippen molar-refractivity contribution in [3.8, 4) is 11.5 Å². The minimum absolute atomic E-state index is 0.0178. The maximum absolute atomic E-state index is 13.1. The van der Waals surface area contributed by atoms with Gasteiger partial charge in [0, 0.05) is 23.9 Å². The van der Waals surface area contributed by atoms with Crippen LogP contribution in [-0.4, -0.2) is 39.2 Å². The monoisotopic (exact) mass is 504 g/mol. The lowest BCUT2D eigenvalue weighted by atomic mass is 10.1. The molecule has 2 heterocycles. The molecule has 9 heteroatoms. The van der Waals surface area contributed by atoms with Crippen LogP contribution in [0.15, 0.2) is 72.0 Å². The number of nitrogens with one attached hydrogen (secondary N) is 1. The molecule has 1 aliphatic carbocycles. The van der Waals surface area contributed by atoms with Crippen LogP contribution in [0.1, 0.15) is 18.4 Å².